The van der Waals surface area contributed by atoms with Crippen molar-refractivity contribution in [2.75, 3.05) is 18.0 Å². The minimum absolute atomic E-state index is 0.0592. The number of carbonyl (C=O) groups excluding carboxylic acids is 1. The van der Waals surface area contributed by atoms with E-state index in [-0.39, 0.29) is 11.9 Å². The lowest BCUT2D eigenvalue weighted by atomic mass is 10.1. The Kier molecular flexibility index (Phi) is 3.89. The first-order chi connectivity index (χ1) is 11.6. The van der Waals surface area contributed by atoms with Crippen molar-refractivity contribution >= 4 is 45.0 Å². The molecule has 7 nitrogen and oxygen atoms in total. The minimum Gasteiger partial charge on any atom is -0.354 e. The standard InChI is InChI=1S/C15H16N6OS2/c1-8-5-21(6-12(8)19-14(22)11-4-18-24-20-11)13-10-3-9(2)23-15(10)17-7-16-13/h3-4,7-8,12H,5-6H2,1-2H3,(H,19,22). The maximum absolute atomic E-state index is 12.2. The number of rotatable bonds is 3. The Balaban J connectivity index is 1.55. The molecule has 3 aromatic rings. The van der Waals surface area contributed by atoms with Gasteiger partial charge in [0, 0.05) is 18.0 Å². The highest BCUT2D eigenvalue weighted by Crippen LogP contribution is 2.32. The van der Waals surface area contributed by atoms with Gasteiger partial charge in [-0.05, 0) is 18.9 Å². The number of hydrogen-bond acceptors (Lipinski definition) is 8. The van der Waals surface area contributed by atoms with E-state index in [1.165, 1.54) is 11.1 Å². The summed E-state index contributed by atoms with van der Waals surface area (Å²) in [6.45, 7) is 5.79. The molecule has 24 heavy (non-hydrogen) atoms. The van der Waals surface area contributed by atoms with Gasteiger partial charge in [-0.3, -0.25) is 4.79 Å². The number of hydrogen-bond donors (Lipinski definition) is 1. The number of anilines is 1. The Hall–Kier alpha value is -2.13. The zero-order valence-electron chi connectivity index (χ0n) is 13.3. The number of nitrogens with zero attached hydrogens (tertiary/aromatic N) is 5. The van der Waals surface area contributed by atoms with Crippen LogP contribution in [0.5, 0.6) is 0 Å². The Labute approximate surface area is 147 Å². The molecule has 9 heteroatoms. The van der Waals surface area contributed by atoms with E-state index in [1.54, 1.807) is 17.7 Å². The molecule has 0 aromatic carbocycles. The SMILES string of the molecule is Cc1cc2c(N3CC(C)C(NC(=O)c4cnsn4)C3)ncnc2s1. The predicted octanol–water partition coefficient (Wildman–Crippen LogP) is 2.11. The number of thiophene rings is 1. The number of aryl methyl sites for hydroxylation is 1. The fourth-order valence-corrected chi connectivity index (χ4v) is 4.30. The van der Waals surface area contributed by atoms with Crippen molar-refractivity contribution in [3.8, 4) is 0 Å². The molecule has 2 atom stereocenters. The molecule has 124 valence electrons. The molecule has 1 aliphatic rings. The fourth-order valence-electron chi connectivity index (χ4n) is 3.05. The molecule has 0 spiro atoms. The highest BCUT2D eigenvalue weighted by atomic mass is 32.1. The summed E-state index contributed by atoms with van der Waals surface area (Å²) in [5.74, 6) is 1.11. The number of fused-ring (bicyclic) bond motifs is 1. The first-order valence-electron chi connectivity index (χ1n) is 7.66. The van der Waals surface area contributed by atoms with E-state index in [9.17, 15) is 4.79 Å². The van der Waals surface area contributed by atoms with Crippen LogP contribution in [0.1, 0.15) is 22.3 Å². The Morgan fingerprint density at radius 2 is 2.25 bits per heavy atom. The molecule has 1 aliphatic heterocycles. The van der Waals surface area contributed by atoms with Crippen LogP contribution in [-0.4, -0.2) is 43.8 Å². The second-order valence-corrected chi connectivity index (χ2v) is 7.82. The first-order valence-corrected chi connectivity index (χ1v) is 9.21. The first kappa shape index (κ1) is 15.4. The largest absolute Gasteiger partial charge is 0.354 e. The van der Waals surface area contributed by atoms with E-state index in [1.807, 2.05) is 0 Å². The molecular weight excluding hydrogens is 344 g/mol. The third-order valence-corrected chi connectivity index (χ3v) is 5.69. The minimum atomic E-state index is -0.165. The van der Waals surface area contributed by atoms with Gasteiger partial charge >= 0.3 is 0 Å². The zero-order valence-corrected chi connectivity index (χ0v) is 14.9. The van der Waals surface area contributed by atoms with Gasteiger partial charge in [0.1, 0.15) is 17.0 Å². The van der Waals surface area contributed by atoms with Crippen LogP contribution in [0.15, 0.2) is 18.6 Å². The molecular formula is C15H16N6OS2. The Bertz CT molecular complexity index is 877. The van der Waals surface area contributed by atoms with Crippen LogP contribution in [0.4, 0.5) is 5.82 Å². The molecule has 4 rings (SSSR count). The van der Waals surface area contributed by atoms with Gasteiger partial charge in [0.2, 0.25) is 0 Å². The van der Waals surface area contributed by atoms with Crippen LogP contribution in [0.3, 0.4) is 0 Å². The number of aromatic nitrogens is 4. The molecule has 0 bridgehead atoms. The summed E-state index contributed by atoms with van der Waals surface area (Å²) in [6, 6.07) is 2.19. The summed E-state index contributed by atoms with van der Waals surface area (Å²) in [4.78, 5) is 25.5. The molecule has 1 saturated heterocycles. The molecule has 0 saturated carbocycles. The van der Waals surface area contributed by atoms with E-state index in [0.717, 1.165) is 40.9 Å². The zero-order chi connectivity index (χ0) is 16.7. The van der Waals surface area contributed by atoms with Gasteiger partial charge < -0.3 is 10.2 Å². The molecule has 1 N–H and O–H groups in total. The van der Waals surface area contributed by atoms with Crippen molar-refractivity contribution in [1.29, 1.82) is 0 Å². The average Bonchev–Trinajstić information content (AvgIpc) is 3.26. The van der Waals surface area contributed by atoms with Crippen molar-refractivity contribution in [2.45, 2.75) is 19.9 Å². The summed E-state index contributed by atoms with van der Waals surface area (Å²) in [5, 5.41) is 4.15. The van der Waals surface area contributed by atoms with Crippen molar-refractivity contribution in [1.82, 2.24) is 24.0 Å². The average molecular weight is 360 g/mol. The van der Waals surface area contributed by atoms with Crippen LogP contribution in [0.2, 0.25) is 0 Å². The highest BCUT2D eigenvalue weighted by Gasteiger charge is 2.33. The number of nitrogens with one attached hydrogen (secondary N) is 1. The highest BCUT2D eigenvalue weighted by molar-refractivity contribution is 7.18. The van der Waals surface area contributed by atoms with E-state index >= 15 is 0 Å². The van der Waals surface area contributed by atoms with E-state index < -0.39 is 0 Å². The topological polar surface area (TPSA) is 83.9 Å². The summed E-state index contributed by atoms with van der Waals surface area (Å²) < 4.78 is 7.87. The molecule has 3 aromatic heterocycles. The van der Waals surface area contributed by atoms with Crippen LogP contribution in [-0.2, 0) is 0 Å². The molecule has 1 fully saturated rings. The van der Waals surface area contributed by atoms with Crippen molar-refractivity contribution in [2.24, 2.45) is 5.92 Å². The van der Waals surface area contributed by atoms with Crippen LogP contribution < -0.4 is 10.2 Å². The van der Waals surface area contributed by atoms with Gasteiger partial charge in [0.25, 0.3) is 5.91 Å². The van der Waals surface area contributed by atoms with E-state index in [4.69, 9.17) is 0 Å². The van der Waals surface area contributed by atoms with Crippen molar-refractivity contribution in [3.63, 3.8) is 0 Å². The maximum Gasteiger partial charge on any atom is 0.272 e. The summed E-state index contributed by atoms with van der Waals surface area (Å²) >= 11 is 2.71. The molecule has 0 aliphatic carbocycles. The van der Waals surface area contributed by atoms with Gasteiger partial charge in [0.15, 0.2) is 5.69 Å². The van der Waals surface area contributed by atoms with Crippen molar-refractivity contribution < 1.29 is 4.79 Å². The van der Waals surface area contributed by atoms with Gasteiger partial charge in [-0.1, -0.05) is 6.92 Å². The molecule has 2 unspecified atom stereocenters. The summed E-state index contributed by atoms with van der Waals surface area (Å²) in [6.07, 6.45) is 3.12. The van der Waals surface area contributed by atoms with Crippen LogP contribution in [0, 0.1) is 12.8 Å². The van der Waals surface area contributed by atoms with E-state index in [0.29, 0.717) is 11.6 Å². The second-order valence-electron chi connectivity index (χ2n) is 6.03. The number of amides is 1. The lowest BCUT2D eigenvalue weighted by Crippen LogP contribution is -2.40. The smallest absolute Gasteiger partial charge is 0.272 e. The van der Waals surface area contributed by atoms with E-state index in [2.05, 4.69) is 48.8 Å². The normalized spacial score (nSPS) is 20.7. The fraction of sp³-hybridized carbons (Fsp3) is 0.400. The summed E-state index contributed by atoms with van der Waals surface area (Å²) in [5.41, 5.74) is 0.378. The van der Waals surface area contributed by atoms with Gasteiger partial charge in [-0.2, -0.15) is 8.75 Å². The Morgan fingerprint density at radius 1 is 1.38 bits per heavy atom. The molecule has 4 heterocycles. The Morgan fingerprint density at radius 3 is 3.04 bits per heavy atom. The molecule has 0 radical (unpaired) electrons. The van der Waals surface area contributed by atoms with Crippen LogP contribution >= 0.6 is 23.1 Å². The third-order valence-electron chi connectivity index (χ3n) is 4.25. The van der Waals surface area contributed by atoms with Gasteiger partial charge in [0.05, 0.1) is 29.4 Å². The lowest BCUT2D eigenvalue weighted by Gasteiger charge is -2.18. The summed E-state index contributed by atoms with van der Waals surface area (Å²) in [7, 11) is 0. The quantitative estimate of drug-likeness (QED) is 0.770. The molecule has 1 amide bonds. The van der Waals surface area contributed by atoms with Crippen molar-refractivity contribution in [3.05, 3.63) is 29.2 Å². The maximum atomic E-state index is 12.2. The monoisotopic (exact) mass is 360 g/mol. The van der Waals surface area contributed by atoms with Gasteiger partial charge in [-0.15, -0.1) is 11.3 Å². The van der Waals surface area contributed by atoms with Gasteiger partial charge in [-0.25, -0.2) is 9.97 Å². The lowest BCUT2D eigenvalue weighted by molar-refractivity contribution is 0.0929. The van der Waals surface area contributed by atoms with Crippen LogP contribution in [0.25, 0.3) is 10.2 Å². The predicted molar refractivity (Wildman–Crippen MR) is 94.7 cm³/mol. The number of carbonyl (C=O) groups is 1. The third kappa shape index (κ3) is 2.73. The second kappa shape index (κ2) is 6.06.